The van der Waals surface area contributed by atoms with Gasteiger partial charge in [0.15, 0.2) is 0 Å². The van der Waals surface area contributed by atoms with E-state index in [-0.39, 0.29) is 11.0 Å². The van der Waals surface area contributed by atoms with E-state index in [9.17, 15) is 8.42 Å². The van der Waals surface area contributed by atoms with Crippen LogP contribution in [0.25, 0.3) is 0 Å². The number of nitrogens with zero attached hydrogens (tertiary/aromatic N) is 1. The molecule has 112 valence electrons. The van der Waals surface area contributed by atoms with Crippen molar-refractivity contribution < 1.29 is 13.2 Å². The number of piperidine rings is 1. The van der Waals surface area contributed by atoms with Crippen LogP contribution in [0.4, 0.5) is 5.69 Å². The Morgan fingerprint density at radius 3 is 2.40 bits per heavy atom. The van der Waals surface area contributed by atoms with Crippen LogP contribution in [0.1, 0.15) is 24.0 Å². The number of nitrogen functional groups attached to an aromatic ring is 1. The van der Waals surface area contributed by atoms with Crippen LogP contribution in [0.5, 0.6) is 0 Å². The van der Waals surface area contributed by atoms with E-state index in [4.69, 9.17) is 10.5 Å². The normalized spacial score (nSPS) is 18.4. The summed E-state index contributed by atoms with van der Waals surface area (Å²) in [6, 6.07) is 3.51. The van der Waals surface area contributed by atoms with E-state index in [1.165, 1.54) is 4.31 Å². The molecule has 1 saturated heterocycles. The minimum Gasteiger partial charge on any atom is -0.398 e. The first kappa shape index (κ1) is 15.3. The Balaban J connectivity index is 2.35. The van der Waals surface area contributed by atoms with Crippen LogP contribution >= 0.6 is 0 Å². The molecule has 0 saturated carbocycles. The number of rotatable bonds is 3. The van der Waals surface area contributed by atoms with E-state index >= 15 is 0 Å². The van der Waals surface area contributed by atoms with Crippen molar-refractivity contribution in [3.63, 3.8) is 0 Å². The van der Waals surface area contributed by atoms with Crippen molar-refractivity contribution in [2.24, 2.45) is 0 Å². The van der Waals surface area contributed by atoms with E-state index in [2.05, 4.69) is 0 Å². The molecule has 1 aromatic carbocycles. The molecule has 0 unspecified atom stereocenters. The van der Waals surface area contributed by atoms with Crippen LogP contribution in [-0.4, -0.2) is 39.0 Å². The zero-order valence-electron chi connectivity index (χ0n) is 12.2. The highest BCUT2D eigenvalue weighted by Crippen LogP contribution is 2.30. The van der Waals surface area contributed by atoms with Gasteiger partial charge in [0.2, 0.25) is 10.0 Å². The van der Waals surface area contributed by atoms with Gasteiger partial charge in [0, 0.05) is 20.2 Å². The first-order chi connectivity index (χ1) is 9.37. The molecule has 2 N–H and O–H groups in total. The number of ether oxygens (including phenoxy) is 1. The van der Waals surface area contributed by atoms with Crippen molar-refractivity contribution in [3.05, 3.63) is 23.3 Å². The van der Waals surface area contributed by atoms with Gasteiger partial charge >= 0.3 is 0 Å². The average Bonchev–Trinajstić information content (AvgIpc) is 2.43. The largest absolute Gasteiger partial charge is 0.398 e. The topological polar surface area (TPSA) is 72.6 Å². The summed E-state index contributed by atoms with van der Waals surface area (Å²) in [5.74, 6) is 0. The number of nitrogens with two attached hydrogens (primary N) is 1. The van der Waals surface area contributed by atoms with Gasteiger partial charge in [-0.1, -0.05) is 6.07 Å². The molecule has 1 aromatic rings. The molecule has 6 heteroatoms. The first-order valence-electron chi connectivity index (χ1n) is 6.76. The summed E-state index contributed by atoms with van der Waals surface area (Å²) in [5, 5.41) is 0. The van der Waals surface area contributed by atoms with Crippen LogP contribution in [0.3, 0.4) is 0 Å². The highest BCUT2D eigenvalue weighted by atomic mass is 32.2. The van der Waals surface area contributed by atoms with Gasteiger partial charge in [-0.3, -0.25) is 0 Å². The number of sulfonamides is 1. The van der Waals surface area contributed by atoms with Gasteiger partial charge in [-0.25, -0.2) is 8.42 Å². The Hall–Kier alpha value is -1.11. The molecule has 1 heterocycles. The van der Waals surface area contributed by atoms with Gasteiger partial charge < -0.3 is 10.5 Å². The summed E-state index contributed by atoms with van der Waals surface area (Å²) in [4.78, 5) is 0.258. The Morgan fingerprint density at radius 2 is 1.85 bits per heavy atom. The van der Waals surface area contributed by atoms with Crippen molar-refractivity contribution in [2.45, 2.75) is 37.7 Å². The predicted octanol–water partition coefficient (Wildman–Crippen LogP) is 1.69. The second-order valence-corrected chi connectivity index (χ2v) is 7.14. The smallest absolute Gasteiger partial charge is 0.245 e. The third-order valence-electron chi connectivity index (χ3n) is 4.04. The van der Waals surface area contributed by atoms with E-state index in [1.54, 1.807) is 20.1 Å². The van der Waals surface area contributed by atoms with E-state index in [0.29, 0.717) is 18.8 Å². The zero-order valence-corrected chi connectivity index (χ0v) is 13.0. The van der Waals surface area contributed by atoms with Crippen molar-refractivity contribution in [1.82, 2.24) is 4.31 Å². The number of hydrogen-bond acceptors (Lipinski definition) is 4. The predicted molar refractivity (Wildman–Crippen MR) is 79.1 cm³/mol. The molecule has 0 aromatic heterocycles. The minimum absolute atomic E-state index is 0.150. The SMILES string of the molecule is COC1CCN(S(=O)(=O)c2c(N)ccc(C)c2C)CC1. The second-order valence-electron chi connectivity index (χ2n) is 5.26. The Morgan fingerprint density at radius 1 is 1.25 bits per heavy atom. The molecular formula is C14H22N2O3S. The highest BCUT2D eigenvalue weighted by molar-refractivity contribution is 7.89. The quantitative estimate of drug-likeness (QED) is 0.862. The monoisotopic (exact) mass is 298 g/mol. The number of hydrogen-bond donors (Lipinski definition) is 1. The van der Waals surface area contributed by atoms with Gasteiger partial charge in [-0.2, -0.15) is 4.31 Å². The molecule has 0 bridgehead atoms. The third kappa shape index (κ3) is 2.68. The van der Waals surface area contributed by atoms with Gasteiger partial charge in [0.25, 0.3) is 0 Å². The minimum atomic E-state index is -3.52. The molecule has 1 fully saturated rings. The van der Waals surface area contributed by atoms with Crippen LogP contribution in [0, 0.1) is 13.8 Å². The Labute approximate surface area is 120 Å². The van der Waals surface area contributed by atoms with Crippen molar-refractivity contribution in [1.29, 1.82) is 0 Å². The maximum absolute atomic E-state index is 12.8. The molecule has 2 rings (SSSR count). The maximum Gasteiger partial charge on any atom is 0.245 e. The lowest BCUT2D eigenvalue weighted by atomic mass is 10.1. The molecular weight excluding hydrogens is 276 g/mol. The van der Waals surface area contributed by atoms with Crippen LogP contribution < -0.4 is 5.73 Å². The Bertz CT molecular complexity index is 591. The lowest BCUT2D eigenvalue weighted by Gasteiger charge is -2.31. The summed E-state index contributed by atoms with van der Waals surface area (Å²) in [7, 11) is -1.86. The fraction of sp³-hybridized carbons (Fsp3) is 0.571. The highest BCUT2D eigenvalue weighted by Gasteiger charge is 2.32. The van der Waals surface area contributed by atoms with Crippen molar-refractivity contribution >= 4 is 15.7 Å². The summed E-state index contributed by atoms with van der Waals surface area (Å²) >= 11 is 0. The van der Waals surface area contributed by atoms with Gasteiger partial charge in [0.1, 0.15) is 4.90 Å². The summed E-state index contributed by atoms with van der Waals surface area (Å²) in [5.41, 5.74) is 7.90. The third-order valence-corrected chi connectivity index (χ3v) is 6.14. The van der Waals surface area contributed by atoms with Gasteiger partial charge in [-0.15, -0.1) is 0 Å². The number of aryl methyl sites for hydroxylation is 1. The first-order valence-corrected chi connectivity index (χ1v) is 8.20. The standard InChI is InChI=1S/C14H22N2O3S/c1-10-4-5-13(15)14(11(10)2)20(17,18)16-8-6-12(19-3)7-9-16/h4-5,12H,6-9,15H2,1-3H3. The van der Waals surface area contributed by atoms with E-state index in [1.807, 2.05) is 13.0 Å². The van der Waals surface area contributed by atoms with Crippen LogP contribution in [0.15, 0.2) is 17.0 Å². The molecule has 0 amide bonds. The molecule has 0 atom stereocenters. The fourth-order valence-corrected chi connectivity index (χ4v) is 4.45. The number of methoxy groups -OCH3 is 1. The average molecular weight is 298 g/mol. The van der Waals surface area contributed by atoms with Crippen LogP contribution in [0.2, 0.25) is 0 Å². The zero-order chi connectivity index (χ0) is 14.9. The second kappa shape index (κ2) is 5.71. The fourth-order valence-electron chi connectivity index (χ4n) is 2.59. The lowest BCUT2D eigenvalue weighted by Crippen LogP contribution is -2.41. The Kier molecular flexibility index (Phi) is 4.36. The maximum atomic E-state index is 12.8. The van der Waals surface area contributed by atoms with Crippen molar-refractivity contribution in [3.8, 4) is 0 Å². The van der Waals surface area contributed by atoms with E-state index in [0.717, 1.165) is 24.0 Å². The van der Waals surface area contributed by atoms with Crippen molar-refractivity contribution in [2.75, 3.05) is 25.9 Å². The summed E-state index contributed by atoms with van der Waals surface area (Å²) in [6.45, 7) is 4.66. The van der Waals surface area contributed by atoms with Gasteiger partial charge in [0.05, 0.1) is 11.8 Å². The van der Waals surface area contributed by atoms with Crippen LogP contribution in [-0.2, 0) is 14.8 Å². The summed E-state index contributed by atoms with van der Waals surface area (Å²) < 4.78 is 32.4. The lowest BCUT2D eigenvalue weighted by molar-refractivity contribution is 0.0604. The number of benzene rings is 1. The molecule has 1 aliphatic heterocycles. The van der Waals surface area contributed by atoms with E-state index < -0.39 is 10.0 Å². The molecule has 20 heavy (non-hydrogen) atoms. The molecule has 0 spiro atoms. The molecule has 1 aliphatic rings. The summed E-state index contributed by atoms with van der Waals surface area (Å²) in [6.07, 6.45) is 1.60. The molecule has 5 nitrogen and oxygen atoms in total. The number of anilines is 1. The molecule has 0 radical (unpaired) electrons. The molecule has 0 aliphatic carbocycles. The van der Waals surface area contributed by atoms with Gasteiger partial charge in [-0.05, 0) is 43.9 Å².